The van der Waals surface area contributed by atoms with Crippen LogP contribution in [0.25, 0.3) is 121 Å². The molecule has 0 saturated heterocycles. The number of hydrogen-bond acceptors (Lipinski definition) is 6. The molecule has 0 atom stereocenters. The molecule has 0 bridgehead atoms. The molecule has 0 fully saturated rings. The first-order valence-electron chi connectivity index (χ1n) is 23.3. The molecule has 0 amide bonds. The average molecular weight is 978 g/mol. The summed E-state index contributed by atoms with van der Waals surface area (Å²) in [6, 6.07) is 62.8. The van der Waals surface area contributed by atoms with Crippen molar-refractivity contribution in [2.24, 2.45) is 0 Å². The summed E-state index contributed by atoms with van der Waals surface area (Å²) in [6.45, 7) is 6.97. The van der Waals surface area contributed by atoms with Crippen LogP contribution in [0.4, 0.5) is 0 Å². The van der Waals surface area contributed by atoms with Crippen molar-refractivity contribution < 1.29 is 9.13 Å². The van der Waals surface area contributed by atoms with Gasteiger partial charge in [-0.1, -0.05) is 125 Å². The second-order valence-electron chi connectivity index (χ2n) is 18.3. The summed E-state index contributed by atoms with van der Waals surface area (Å²) in [5.74, 6) is 0. The van der Waals surface area contributed by atoms with Crippen molar-refractivity contribution in [3.05, 3.63) is 199 Å². The zero-order valence-corrected chi connectivity index (χ0v) is 41.8. The molecule has 0 aliphatic rings. The lowest BCUT2D eigenvalue weighted by molar-refractivity contribution is 0.588. The third-order valence-corrected chi connectivity index (χ3v) is 15.0. The van der Waals surface area contributed by atoms with Crippen LogP contribution in [0, 0.1) is 0 Å². The molecule has 8 aromatic carbocycles. The second-order valence-corrected chi connectivity index (χ2v) is 23.6. The molecule has 342 valence electrons. The highest BCUT2D eigenvalue weighted by atomic mass is 35.5. The quantitative estimate of drug-likeness (QED) is 0.129. The van der Waals surface area contributed by atoms with Gasteiger partial charge >= 0.3 is 7.80 Å². The molecular weight excluding hydrogens is 934 g/mol. The third kappa shape index (κ3) is 7.76. The van der Waals surface area contributed by atoms with E-state index in [2.05, 4.69) is 152 Å². The summed E-state index contributed by atoms with van der Waals surface area (Å²) in [4.78, 5) is 19.3. The van der Waals surface area contributed by atoms with Gasteiger partial charge in [-0.3, -0.25) is 18.8 Å². The number of imidazole rings is 2. The SMILES string of the molecule is CP(C)(=O)c1ccc(-c2ccc3c4ccc5ncccc5c4c4nc5ccccc5n4c3c2)cc1.C[P+](C)=O.Clc1ccc(-c2ccc3c4ccc5ncccc5c4c4nc5ccccc5n4c3c2)cc1. The van der Waals surface area contributed by atoms with Crippen molar-refractivity contribution >= 4 is 130 Å². The standard InChI is InChI=1S/C30H22N3OP.C28H16ClN3.C2H6OP/c1-35(2,34)21-12-9-19(10-13-21)20-11-14-22-23-15-16-25-24(6-5-17-31-25)29(23)30-32-26-7-3-4-8-27(26)33(30)28(22)18-20;29-19-10-7-17(8-11-19)18-9-12-20-21-13-14-23-22(4-3-15-30-23)27(21)28-31-24-5-1-2-6-25(24)32(28)26(20)16-18;1-4(2)3/h3-18H,1-2H3;1-16H;1-2H3/q;;+1. The number of pyridine rings is 4. The third-order valence-electron chi connectivity index (χ3n) is 13.2. The van der Waals surface area contributed by atoms with Gasteiger partial charge in [-0.25, -0.2) is 9.97 Å². The van der Waals surface area contributed by atoms with Gasteiger partial charge in [0.1, 0.15) is 31.8 Å². The van der Waals surface area contributed by atoms with Gasteiger partial charge in [-0.2, -0.15) is 0 Å². The van der Waals surface area contributed by atoms with E-state index in [0.29, 0.717) is 0 Å². The Morgan fingerprint density at radius 3 is 1.30 bits per heavy atom. The number of benzene rings is 8. The minimum atomic E-state index is -2.29. The summed E-state index contributed by atoms with van der Waals surface area (Å²) in [7, 11) is -3.16. The van der Waals surface area contributed by atoms with Crippen LogP contribution >= 0.6 is 26.5 Å². The van der Waals surface area contributed by atoms with Gasteiger partial charge in [0.15, 0.2) is 0 Å². The molecular formula is C60H44ClN6O2P2+. The predicted molar refractivity (Wildman–Crippen MR) is 300 cm³/mol. The Morgan fingerprint density at radius 2 is 0.845 bits per heavy atom. The Morgan fingerprint density at radius 1 is 0.437 bits per heavy atom. The zero-order chi connectivity index (χ0) is 48.5. The van der Waals surface area contributed by atoms with Gasteiger partial charge in [-0.05, 0) is 119 Å². The molecule has 6 aromatic heterocycles. The van der Waals surface area contributed by atoms with Gasteiger partial charge in [0.2, 0.25) is 0 Å². The summed E-state index contributed by atoms with van der Waals surface area (Å²) in [5, 5.41) is 10.9. The fourth-order valence-corrected chi connectivity index (χ4v) is 11.0. The number of nitrogens with zero attached hydrogens (tertiary/aromatic N) is 6. The van der Waals surface area contributed by atoms with Crippen LogP contribution in [-0.4, -0.2) is 55.4 Å². The molecule has 0 unspecified atom stereocenters. The Labute approximate surface area is 414 Å². The monoisotopic (exact) mass is 977 g/mol. The van der Waals surface area contributed by atoms with Gasteiger partial charge in [0.05, 0.1) is 44.1 Å². The van der Waals surface area contributed by atoms with Crippen molar-refractivity contribution in [1.82, 2.24) is 28.7 Å². The van der Waals surface area contributed by atoms with Crippen LogP contribution in [-0.2, 0) is 9.13 Å². The first-order chi connectivity index (χ1) is 34.5. The van der Waals surface area contributed by atoms with Crippen molar-refractivity contribution in [3.8, 4) is 22.3 Å². The van der Waals surface area contributed by atoms with Crippen LogP contribution < -0.4 is 5.30 Å². The summed E-state index contributed by atoms with van der Waals surface area (Å²) in [6.07, 6.45) is 3.68. The molecule has 14 aromatic rings. The van der Waals surface area contributed by atoms with E-state index in [1.165, 1.54) is 21.5 Å². The highest BCUT2D eigenvalue weighted by Gasteiger charge is 2.19. The Bertz CT molecular complexity index is 4520. The first kappa shape index (κ1) is 44.4. The van der Waals surface area contributed by atoms with Crippen LogP contribution in [0.15, 0.2) is 194 Å². The topological polar surface area (TPSA) is 94.5 Å². The zero-order valence-electron chi connectivity index (χ0n) is 39.2. The lowest BCUT2D eigenvalue weighted by Gasteiger charge is -2.13. The molecule has 0 N–H and O–H groups in total. The van der Waals surface area contributed by atoms with E-state index >= 15 is 0 Å². The number of hydrogen-bond donors (Lipinski definition) is 0. The van der Waals surface area contributed by atoms with E-state index in [-0.39, 0.29) is 0 Å². The van der Waals surface area contributed by atoms with Gasteiger partial charge in [-0.15, -0.1) is 0 Å². The van der Waals surface area contributed by atoms with E-state index in [1.54, 1.807) is 13.3 Å². The number of para-hydroxylation sites is 4. The van der Waals surface area contributed by atoms with E-state index in [4.69, 9.17) is 21.6 Å². The van der Waals surface area contributed by atoms with Crippen LogP contribution in [0.3, 0.4) is 0 Å². The smallest absolute Gasteiger partial charge is 0.319 e. The lowest BCUT2D eigenvalue weighted by Crippen LogP contribution is -2.01. The number of halogens is 1. The Balaban J connectivity index is 0.000000136. The van der Waals surface area contributed by atoms with E-state index < -0.39 is 14.9 Å². The fraction of sp³-hybridized carbons (Fsp3) is 0.0667. The highest BCUT2D eigenvalue weighted by molar-refractivity contribution is 7.70. The molecule has 14 rings (SSSR count). The molecule has 0 radical (unpaired) electrons. The second kappa shape index (κ2) is 17.5. The minimum absolute atomic E-state index is 0.740. The minimum Gasteiger partial charge on any atom is -0.319 e. The maximum absolute atomic E-state index is 12.5. The van der Waals surface area contributed by atoms with Crippen molar-refractivity contribution in [2.75, 3.05) is 26.7 Å². The summed E-state index contributed by atoms with van der Waals surface area (Å²) in [5.41, 5.74) is 14.7. The maximum Gasteiger partial charge on any atom is 0.332 e. The van der Waals surface area contributed by atoms with Crippen LogP contribution in [0.1, 0.15) is 0 Å². The Kier molecular flexibility index (Phi) is 10.9. The van der Waals surface area contributed by atoms with E-state index in [0.717, 1.165) is 110 Å². The molecule has 0 spiro atoms. The van der Waals surface area contributed by atoms with Gasteiger partial charge < -0.3 is 4.57 Å². The predicted octanol–water partition coefficient (Wildman–Crippen LogP) is 16.0. The normalized spacial score (nSPS) is 11.8. The number of aromatic nitrogens is 6. The highest BCUT2D eigenvalue weighted by Crippen LogP contribution is 2.40. The van der Waals surface area contributed by atoms with Crippen LogP contribution in [0.5, 0.6) is 0 Å². The lowest BCUT2D eigenvalue weighted by atomic mass is 9.98. The molecule has 0 saturated carbocycles. The van der Waals surface area contributed by atoms with Crippen molar-refractivity contribution in [3.63, 3.8) is 0 Å². The number of fused-ring (bicyclic) bond motifs is 20. The summed E-state index contributed by atoms with van der Waals surface area (Å²) >= 11 is 6.12. The number of rotatable bonds is 3. The molecule has 0 aliphatic heterocycles. The molecule has 0 aliphatic carbocycles. The molecule has 71 heavy (non-hydrogen) atoms. The van der Waals surface area contributed by atoms with Gasteiger partial charge in [0, 0.05) is 55.0 Å². The largest absolute Gasteiger partial charge is 0.332 e. The fourth-order valence-electron chi connectivity index (χ4n) is 10.0. The average Bonchev–Trinajstić information content (AvgIpc) is 3.98. The Hall–Kier alpha value is -7.86. The van der Waals surface area contributed by atoms with Crippen molar-refractivity contribution in [1.29, 1.82) is 0 Å². The molecule has 8 nitrogen and oxygen atoms in total. The van der Waals surface area contributed by atoms with Gasteiger partial charge in [0.25, 0.3) is 0 Å². The van der Waals surface area contributed by atoms with Crippen LogP contribution in [0.2, 0.25) is 5.02 Å². The molecule has 6 heterocycles. The first-order valence-corrected chi connectivity index (χ1v) is 28.4. The maximum atomic E-state index is 12.5. The molecule has 11 heteroatoms. The van der Waals surface area contributed by atoms with E-state index in [9.17, 15) is 9.13 Å². The summed E-state index contributed by atoms with van der Waals surface area (Å²) < 4.78 is 26.6. The van der Waals surface area contributed by atoms with E-state index in [1.807, 2.05) is 74.3 Å². The van der Waals surface area contributed by atoms with Crippen molar-refractivity contribution in [2.45, 2.75) is 0 Å².